The summed E-state index contributed by atoms with van der Waals surface area (Å²) in [6.45, 7) is 4.37. The molecule has 1 fully saturated rings. The fourth-order valence-electron chi connectivity index (χ4n) is 3.04. The highest BCUT2D eigenvalue weighted by Crippen LogP contribution is 2.27. The van der Waals surface area contributed by atoms with E-state index in [4.69, 9.17) is 5.73 Å². The Morgan fingerprint density at radius 3 is 2.85 bits per heavy atom. The smallest absolute Gasteiger partial charge is 0.0408 e. The van der Waals surface area contributed by atoms with Crippen LogP contribution in [0.3, 0.4) is 0 Å². The van der Waals surface area contributed by atoms with Gasteiger partial charge in [-0.15, -0.1) is 0 Å². The summed E-state index contributed by atoms with van der Waals surface area (Å²) >= 11 is 3.59. The molecule has 1 saturated heterocycles. The second-order valence-corrected chi connectivity index (χ2v) is 7.03. The van der Waals surface area contributed by atoms with Gasteiger partial charge in [0.2, 0.25) is 0 Å². The Kier molecular flexibility index (Phi) is 5.47. The van der Waals surface area contributed by atoms with E-state index in [0.717, 1.165) is 17.4 Å². The quantitative estimate of drug-likeness (QED) is 0.895. The van der Waals surface area contributed by atoms with Crippen LogP contribution >= 0.6 is 15.9 Å². The minimum Gasteiger partial charge on any atom is -0.373 e. The number of nitrogens with two attached hydrogens (primary N) is 1. The van der Waals surface area contributed by atoms with Crippen molar-refractivity contribution in [2.24, 2.45) is 5.73 Å². The van der Waals surface area contributed by atoms with Gasteiger partial charge in [-0.3, -0.25) is 0 Å². The molecule has 1 aromatic rings. The van der Waals surface area contributed by atoms with Gasteiger partial charge in [0, 0.05) is 35.8 Å². The highest BCUT2D eigenvalue weighted by atomic mass is 79.9. The molecular formula is C16H26BrN3. The van der Waals surface area contributed by atoms with Crippen LogP contribution < -0.4 is 10.6 Å². The predicted octanol–water partition coefficient (Wildman–Crippen LogP) is 2.87. The third-order valence-corrected chi connectivity index (χ3v) is 4.65. The largest absolute Gasteiger partial charge is 0.373 e. The summed E-state index contributed by atoms with van der Waals surface area (Å²) in [5.41, 5.74) is 8.62. The molecule has 2 unspecified atom stereocenters. The lowest BCUT2D eigenvalue weighted by molar-refractivity contribution is 0.314. The van der Waals surface area contributed by atoms with Crippen LogP contribution in [0.1, 0.15) is 25.3 Å². The molecule has 2 atom stereocenters. The van der Waals surface area contributed by atoms with E-state index >= 15 is 0 Å². The molecule has 3 nitrogen and oxygen atoms in total. The Hall–Kier alpha value is -0.580. The molecule has 2 rings (SSSR count). The summed E-state index contributed by atoms with van der Waals surface area (Å²) in [5.74, 6) is 0. The monoisotopic (exact) mass is 339 g/mol. The van der Waals surface area contributed by atoms with Gasteiger partial charge >= 0.3 is 0 Å². The van der Waals surface area contributed by atoms with Crippen LogP contribution in [0.15, 0.2) is 22.7 Å². The predicted molar refractivity (Wildman–Crippen MR) is 90.4 cm³/mol. The first-order chi connectivity index (χ1) is 9.47. The Labute approximate surface area is 131 Å². The van der Waals surface area contributed by atoms with Crippen LogP contribution in [0.5, 0.6) is 0 Å². The molecule has 1 aromatic carbocycles. The molecule has 1 aliphatic rings. The van der Waals surface area contributed by atoms with Gasteiger partial charge in [0.1, 0.15) is 0 Å². The first kappa shape index (κ1) is 15.8. The maximum Gasteiger partial charge on any atom is 0.0408 e. The lowest BCUT2D eigenvalue weighted by atomic mass is 10.0. The van der Waals surface area contributed by atoms with Gasteiger partial charge in [-0.1, -0.05) is 22.0 Å². The van der Waals surface area contributed by atoms with Crippen LogP contribution in [0.4, 0.5) is 5.69 Å². The molecule has 1 aliphatic heterocycles. The van der Waals surface area contributed by atoms with E-state index in [-0.39, 0.29) is 6.04 Å². The molecule has 0 aliphatic carbocycles. The van der Waals surface area contributed by atoms with Gasteiger partial charge in [-0.25, -0.2) is 0 Å². The van der Waals surface area contributed by atoms with Crippen molar-refractivity contribution in [3.8, 4) is 0 Å². The highest BCUT2D eigenvalue weighted by Gasteiger charge is 2.23. The van der Waals surface area contributed by atoms with Crippen LogP contribution in [0.25, 0.3) is 0 Å². The number of anilines is 1. The molecule has 4 heteroatoms. The Balaban J connectivity index is 2.14. The summed E-state index contributed by atoms with van der Waals surface area (Å²) < 4.78 is 1.13. The Bertz CT molecular complexity index is 447. The zero-order valence-electron chi connectivity index (χ0n) is 12.8. The topological polar surface area (TPSA) is 32.5 Å². The minimum absolute atomic E-state index is 0.192. The number of hydrogen-bond acceptors (Lipinski definition) is 3. The second kappa shape index (κ2) is 6.92. The summed E-state index contributed by atoms with van der Waals surface area (Å²) in [7, 11) is 4.42. The van der Waals surface area contributed by atoms with E-state index in [2.05, 4.69) is 64.9 Å². The average molecular weight is 340 g/mol. The van der Waals surface area contributed by atoms with Crippen molar-refractivity contribution in [3.05, 3.63) is 28.2 Å². The van der Waals surface area contributed by atoms with Gasteiger partial charge in [-0.2, -0.15) is 0 Å². The van der Waals surface area contributed by atoms with Gasteiger partial charge in [-0.05, 0) is 57.5 Å². The van der Waals surface area contributed by atoms with Crippen molar-refractivity contribution in [2.45, 2.75) is 38.3 Å². The number of halogens is 1. The molecule has 112 valence electrons. The zero-order chi connectivity index (χ0) is 14.7. The normalized spacial score (nSPS) is 21.1. The molecule has 0 spiro atoms. The molecule has 2 N–H and O–H groups in total. The third-order valence-electron chi connectivity index (χ3n) is 4.16. The molecule has 0 aromatic heterocycles. The number of nitrogens with zero attached hydrogens (tertiary/aromatic N) is 2. The summed E-state index contributed by atoms with van der Waals surface area (Å²) in [4.78, 5) is 4.86. The van der Waals surface area contributed by atoms with E-state index < -0.39 is 0 Å². The molecule has 0 bridgehead atoms. The number of likely N-dealkylation sites (tertiary alicyclic amines) is 1. The van der Waals surface area contributed by atoms with Crippen molar-refractivity contribution in [2.75, 3.05) is 32.1 Å². The van der Waals surface area contributed by atoms with E-state index in [0.29, 0.717) is 6.04 Å². The van der Waals surface area contributed by atoms with Crippen LogP contribution in [-0.2, 0) is 6.42 Å². The molecule has 0 saturated carbocycles. The van der Waals surface area contributed by atoms with Crippen molar-refractivity contribution in [1.29, 1.82) is 0 Å². The van der Waals surface area contributed by atoms with Crippen LogP contribution in [0.2, 0.25) is 0 Å². The summed E-state index contributed by atoms with van der Waals surface area (Å²) in [5, 5.41) is 0. The molecule has 0 radical (unpaired) electrons. The average Bonchev–Trinajstić information content (AvgIpc) is 2.76. The third kappa shape index (κ3) is 3.96. The molecule has 20 heavy (non-hydrogen) atoms. The first-order valence-electron chi connectivity index (χ1n) is 7.42. The fourth-order valence-corrected chi connectivity index (χ4v) is 3.39. The number of likely N-dealkylation sites (N-methyl/N-ethyl adjacent to an activating group) is 2. The highest BCUT2D eigenvalue weighted by molar-refractivity contribution is 9.10. The lowest BCUT2D eigenvalue weighted by Gasteiger charge is -2.29. The summed E-state index contributed by atoms with van der Waals surface area (Å²) in [6.07, 6.45) is 3.55. The maximum atomic E-state index is 5.98. The van der Waals surface area contributed by atoms with Crippen molar-refractivity contribution in [1.82, 2.24) is 4.90 Å². The van der Waals surface area contributed by atoms with E-state index in [1.807, 2.05) is 0 Å². The van der Waals surface area contributed by atoms with Gasteiger partial charge in [0.25, 0.3) is 0 Å². The summed E-state index contributed by atoms with van der Waals surface area (Å²) in [6, 6.07) is 7.38. The molecular weight excluding hydrogens is 314 g/mol. The van der Waals surface area contributed by atoms with Crippen LogP contribution in [-0.4, -0.2) is 44.2 Å². The molecule has 1 heterocycles. The van der Waals surface area contributed by atoms with Crippen molar-refractivity contribution < 1.29 is 0 Å². The Morgan fingerprint density at radius 1 is 1.50 bits per heavy atom. The fraction of sp³-hybridized carbons (Fsp3) is 0.625. The van der Waals surface area contributed by atoms with Gasteiger partial charge in [0.05, 0.1) is 0 Å². The maximum absolute atomic E-state index is 5.98. The van der Waals surface area contributed by atoms with Crippen LogP contribution in [0, 0.1) is 0 Å². The lowest BCUT2D eigenvalue weighted by Crippen LogP contribution is -2.37. The van der Waals surface area contributed by atoms with E-state index in [1.165, 1.54) is 30.6 Å². The number of hydrogen-bond donors (Lipinski definition) is 1. The standard InChI is InChI=1S/C16H26BrN3/c1-12(18)9-13-6-7-14(17)10-16(13)20(3)11-15-5-4-8-19(15)2/h6-7,10,12,15H,4-5,8-9,11,18H2,1-3H3. The number of benzene rings is 1. The van der Waals surface area contributed by atoms with Gasteiger partial charge < -0.3 is 15.5 Å². The van der Waals surface area contributed by atoms with Gasteiger partial charge in [0.15, 0.2) is 0 Å². The SMILES string of the molecule is CC(N)Cc1ccc(Br)cc1N(C)CC1CCCN1C. The minimum atomic E-state index is 0.192. The van der Waals surface area contributed by atoms with E-state index in [9.17, 15) is 0 Å². The van der Waals surface area contributed by atoms with Crippen molar-refractivity contribution >= 4 is 21.6 Å². The molecule has 0 amide bonds. The van der Waals surface area contributed by atoms with E-state index in [1.54, 1.807) is 0 Å². The Morgan fingerprint density at radius 2 is 2.25 bits per heavy atom. The first-order valence-corrected chi connectivity index (χ1v) is 8.22. The van der Waals surface area contributed by atoms with Crippen molar-refractivity contribution in [3.63, 3.8) is 0 Å². The number of rotatable bonds is 5. The second-order valence-electron chi connectivity index (χ2n) is 6.11. The zero-order valence-corrected chi connectivity index (χ0v) is 14.4.